The summed E-state index contributed by atoms with van der Waals surface area (Å²) in [4.78, 5) is 9.24. The number of piperazine rings is 1. The fourth-order valence-corrected chi connectivity index (χ4v) is 4.45. The molecule has 0 unspecified atom stereocenters. The number of aromatic nitrogens is 3. The Hall–Kier alpha value is -3.26. The van der Waals surface area contributed by atoms with E-state index in [-0.39, 0.29) is 0 Å². The summed E-state index contributed by atoms with van der Waals surface area (Å²) < 4.78 is 0. The number of nitrogens with zero attached hydrogens (tertiary/aromatic N) is 5. The van der Waals surface area contributed by atoms with Crippen molar-refractivity contribution in [2.24, 2.45) is 0 Å². The molecule has 1 aromatic heterocycles. The van der Waals surface area contributed by atoms with E-state index in [1.54, 1.807) is 0 Å². The smallest absolute Gasteiger partial charge is 0.246 e. The molecule has 0 atom stereocenters. The van der Waals surface area contributed by atoms with Gasteiger partial charge in [0.15, 0.2) is 5.11 Å². The van der Waals surface area contributed by atoms with Gasteiger partial charge < -0.3 is 15.1 Å². The van der Waals surface area contributed by atoms with Gasteiger partial charge in [-0.15, -0.1) is 10.2 Å². The summed E-state index contributed by atoms with van der Waals surface area (Å²) in [7, 11) is 0. The molecule has 2 heterocycles. The number of hydrogen-bond donors (Lipinski definition) is 1. The monoisotopic (exact) mass is 520 g/mol. The van der Waals surface area contributed by atoms with Crippen molar-refractivity contribution < 1.29 is 0 Å². The standard InChI is InChI=1S/C26H22Cl2N6S/c27-20-10-6-18(7-11-20)23-24(19-8-12-21(28)13-9-19)31-32-25(30-23)33-14-16-34(17-15-33)26(35)29-22-4-2-1-3-5-22/h1-13H,14-17H2,(H,29,35). The van der Waals surface area contributed by atoms with E-state index in [1.165, 1.54) is 0 Å². The van der Waals surface area contributed by atoms with Gasteiger partial charge in [-0.1, -0.05) is 65.7 Å². The molecule has 4 aromatic rings. The minimum Gasteiger partial charge on any atom is -0.345 e. The fraction of sp³-hybridized carbons (Fsp3) is 0.154. The minimum absolute atomic E-state index is 0.592. The van der Waals surface area contributed by atoms with E-state index in [0.717, 1.165) is 53.8 Å². The van der Waals surface area contributed by atoms with Crippen LogP contribution in [0.1, 0.15) is 0 Å². The van der Waals surface area contributed by atoms with Crippen LogP contribution in [0.15, 0.2) is 78.9 Å². The maximum atomic E-state index is 6.13. The van der Waals surface area contributed by atoms with Crippen molar-refractivity contribution in [3.63, 3.8) is 0 Å². The van der Waals surface area contributed by atoms with E-state index >= 15 is 0 Å². The van der Waals surface area contributed by atoms with E-state index in [2.05, 4.69) is 25.3 Å². The highest BCUT2D eigenvalue weighted by Crippen LogP contribution is 2.31. The number of anilines is 2. The Morgan fingerprint density at radius 2 is 1.29 bits per heavy atom. The third-order valence-electron chi connectivity index (χ3n) is 5.79. The number of thiocarbonyl (C=S) groups is 1. The summed E-state index contributed by atoms with van der Waals surface area (Å²) in [5.41, 5.74) is 4.24. The largest absolute Gasteiger partial charge is 0.345 e. The molecule has 1 aliphatic rings. The lowest BCUT2D eigenvalue weighted by molar-refractivity contribution is 0.387. The molecular weight excluding hydrogens is 499 g/mol. The second-order valence-electron chi connectivity index (χ2n) is 8.09. The Balaban J connectivity index is 1.37. The second kappa shape index (κ2) is 10.6. The first-order chi connectivity index (χ1) is 17.1. The number of para-hydroxylation sites is 1. The fourth-order valence-electron chi connectivity index (χ4n) is 3.90. The van der Waals surface area contributed by atoms with Crippen molar-refractivity contribution >= 4 is 52.2 Å². The zero-order chi connectivity index (χ0) is 24.2. The highest BCUT2D eigenvalue weighted by atomic mass is 35.5. The summed E-state index contributed by atoms with van der Waals surface area (Å²) in [6.07, 6.45) is 0. The van der Waals surface area contributed by atoms with Crippen molar-refractivity contribution in [3.05, 3.63) is 88.9 Å². The van der Waals surface area contributed by atoms with E-state index in [1.807, 2.05) is 78.9 Å². The number of nitrogens with one attached hydrogen (secondary N) is 1. The molecule has 5 rings (SSSR count). The highest BCUT2D eigenvalue weighted by molar-refractivity contribution is 7.80. The molecule has 176 valence electrons. The van der Waals surface area contributed by atoms with Crippen LogP contribution in [0.25, 0.3) is 22.5 Å². The third-order valence-corrected chi connectivity index (χ3v) is 6.65. The normalized spacial score (nSPS) is 13.5. The molecule has 0 saturated carbocycles. The maximum absolute atomic E-state index is 6.13. The Labute approximate surface area is 219 Å². The van der Waals surface area contributed by atoms with Crippen LogP contribution >= 0.6 is 35.4 Å². The van der Waals surface area contributed by atoms with E-state index in [9.17, 15) is 0 Å². The Morgan fingerprint density at radius 1 is 0.714 bits per heavy atom. The second-order valence-corrected chi connectivity index (χ2v) is 9.35. The van der Waals surface area contributed by atoms with Crippen molar-refractivity contribution in [1.82, 2.24) is 20.1 Å². The summed E-state index contributed by atoms with van der Waals surface area (Å²) in [5.74, 6) is 0.592. The van der Waals surface area contributed by atoms with Gasteiger partial charge in [0.25, 0.3) is 0 Å². The minimum atomic E-state index is 0.592. The van der Waals surface area contributed by atoms with Crippen molar-refractivity contribution in [1.29, 1.82) is 0 Å². The quantitative estimate of drug-likeness (QED) is 0.329. The molecule has 1 saturated heterocycles. The first-order valence-corrected chi connectivity index (χ1v) is 12.4. The first kappa shape index (κ1) is 23.5. The highest BCUT2D eigenvalue weighted by Gasteiger charge is 2.23. The van der Waals surface area contributed by atoms with Gasteiger partial charge in [-0.3, -0.25) is 0 Å². The molecular formula is C26H22Cl2N6S. The van der Waals surface area contributed by atoms with E-state index < -0.39 is 0 Å². The molecule has 1 aliphatic heterocycles. The molecule has 1 fully saturated rings. The van der Waals surface area contributed by atoms with Crippen molar-refractivity contribution in [3.8, 4) is 22.5 Å². The topological polar surface area (TPSA) is 57.2 Å². The first-order valence-electron chi connectivity index (χ1n) is 11.2. The van der Waals surface area contributed by atoms with E-state index in [4.69, 9.17) is 40.4 Å². The number of benzene rings is 3. The molecule has 0 aliphatic carbocycles. The van der Waals surface area contributed by atoms with Gasteiger partial charge in [-0.2, -0.15) is 0 Å². The lowest BCUT2D eigenvalue weighted by atomic mass is 10.0. The van der Waals surface area contributed by atoms with Gasteiger partial charge in [-0.05, 0) is 48.6 Å². The molecule has 35 heavy (non-hydrogen) atoms. The average molecular weight is 521 g/mol. The Morgan fingerprint density at radius 3 is 1.89 bits per heavy atom. The molecule has 1 N–H and O–H groups in total. The zero-order valence-corrected chi connectivity index (χ0v) is 21.1. The third kappa shape index (κ3) is 5.53. The van der Waals surface area contributed by atoms with Gasteiger partial charge in [0.05, 0.1) is 0 Å². The Kier molecular flexibility index (Phi) is 7.08. The van der Waals surface area contributed by atoms with Crippen LogP contribution in [-0.4, -0.2) is 51.4 Å². The molecule has 0 bridgehead atoms. The number of rotatable bonds is 4. The SMILES string of the molecule is S=C(Nc1ccccc1)N1CCN(c2nnc(-c3ccc(Cl)cc3)c(-c3ccc(Cl)cc3)n2)CC1. The lowest BCUT2D eigenvalue weighted by Crippen LogP contribution is -2.50. The predicted molar refractivity (Wildman–Crippen MR) is 147 cm³/mol. The molecule has 0 amide bonds. The molecule has 0 spiro atoms. The average Bonchev–Trinajstić information content (AvgIpc) is 2.90. The van der Waals surface area contributed by atoms with Gasteiger partial charge in [0, 0.05) is 53.0 Å². The summed E-state index contributed by atoms with van der Waals surface area (Å²) in [5, 5.41) is 14.4. The molecule has 0 radical (unpaired) electrons. The van der Waals surface area contributed by atoms with Crippen molar-refractivity contribution in [2.75, 3.05) is 36.4 Å². The molecule has 6 nitrogen and oxygen atoms in total. The van der Waals surface area contributed by atoms with Crippen molar-refractivity contribution in [2.45, 2.75) is 0 Å². The van der Waals surface area contributed by atoms with Crippen LogP contribution in [0.4, 0.5) is 11.6 Å². The van der Waals surface area contributed by atoms with Crippen LogP contribution in [0.3, 0.4) is 0 Å². The van der Waals surface area contributed by atoms with E-state index in [0.29, 0.717) is 21.7 Å². The lowest BCUT2D eigenvalue weighted by Gasteiger charge is -2.36. The maximum Gasteiger partial charge on any atom is 0.246 e. The summed E-state index contributed by atoms with van der Waals surface area (Å²) in [6.45, 7) is 2.99. The summed E-state index contributed by atoms with van der Waals surface area (Å²) in [6, 6.07) is 25.1. The molecule has 9 heteroatoms. The van der Waals surface area contributed by atoms with Crippen LogP contribution in [0, 0.1) is 0 Å². The van der Waals surface area contributed by atoms with Crippen LogP contribution in [-0.2, 0) is 0 Å². The predicted octanol–water partition coefficient (Wildman–Crippen LogP) is 6.03. The zero-order valence-electron chi connectivity index (χ0n) is 18.7. The molecule has 3 aromatic carbocycles. The van der Waals surface area contributed by atoms with Gasteiger partial charge in [0.2, 0.25) is 5.95 Å². The number of halogens is 2. The van der Waals surface area contributed by atoms with Gasteiger partial charge in [0.1, 0.15) is 11.4 Å². The van der Waals surface area contributed by atoms with Crippen LogP contribution in [0.2, 0.25) is 10.0 Å². The van der Waals surface area contributed by atoms with Crippen LogP contribution in [0.5, 0.6) is 0 Å². The van der Waals surface area contributed by atoms with Crippen LogP contribution < -0.4 is 10.2 Å². The Bertz CT molecular complexity index is 1310. The number of hydrogen-bond acceptors (Lipinski definition) is 5. The van der Waals surface area contributed by atoms with Gasteiger partial charge in [-0.25, -0.2) is 4.98 Å². The summed E-state index contributed by atoms with van der Waals surface area (Å²) >= 11 is 17.8. The van der Waals surface area contributed by atoms with Gasteiger partial charge >= 0.3 is 0 Å².